The maximum absolute atomic E-state index is 12.8. The van der Waals surface area contributed by atoms with E-state index >= 15 is 0 Å². The molecule has 1 aromatic carbocycles. The summed E-state index contributed by atoms with van der Waals surface area (Å²) >= 11 is 0. The van der Waals surface area contributed by atoms with Crippen LogP contribution in [0.25, 0.3) is 0 Å². The molecule has 2 atom stereocenters. The summed E-state index contributed by atoms with van der Waals surface area (Å²) in [4.78, 5) is 38.1. The number of amides is 2. The molecule has 1 aromatic rings. The molecule has 2 fully saturated rings. The molecular weight excluding hydrogens is 332 g/mol. The van der Waals surface area contributed by atoms with Crippen molar-refractivity contribution in [3.8, 4) is 0 Å². The van der Waals surface area contributed by atoms with Crippen molar-refractivity contribution >= 4 is 23.5 Å². The molecule has 0 bridgehead atoms. The average molecular weight is 358 g/mol. The number of carboxylic acids is 1. The summed E-state index contributed by atoms with van der Waals surface area (Å²) in [7, 11) is 0. The smallest absolute Gasteiger partial charge is 0.308 e. The van der Waals surface area contributed by atoms with Gasteiger partial charge in [0.15, 0.2) is 0 Å². The van der Waals surface area contributed by atoms with Crippen LogP contribution in [0.5, 0.6) is 0 Å². The van der Waals surface area contributed by atoms with E-state index in [0.29, 0.717) is 24.2 Å². The Hall–Kier alpha value is -2.37. The highest BCUT2D eigenvalue weighted by Gasteiger charge is 2.38. The number of hydrogen-bond donors (Lipinski definition) is 2. The first-order valence-electron chi connectivity index (χ1n) is 9.42. The number of aliphatic carboxylic acids is 1. The van der Waals surface area contributed by atoms with Crippen molar-refractivity contribution in [1.29, 1.82) is 0 Å². The van der Waals surface area contributed by atoms with E-state index in [0.717, 1.165) is 25.7 Å². The van der Waals surface area contributed by atoms with Gasteiger partial charge in [-0.3, -0.25) is 14.4 Å². The summed E-state index contributed by atoms with van der Waals surface area (Å²) in [5, 5.41) is 12.2. The van der Waals surface area contributed by atoms with Gasteiger partial charge in [0.1, 0.15) is 0 Å². The van der Waals surface area contributed by atoms with Gasteiger partial charge < -0.3 is 15.3 Å². The van der Waals surface area contributed by atoms with E-state index in [1.165, 1.54) is 6.42 Å². The second-order valence-electron chi connectivity index (χ2n) is 7.38. The van der Waals surface area contributed by atoms with Crippen LogP contribution in [0.3, 0.4) is 0 Å². The van der Waals surface area contributed by atoms with Gasteiger partial charge in [-0.2, -0.15) is 0 Å². The fourth-order valence-corrected chi connectivity index (χ4v) is 4.06. The molecule has 3 rings (SSSR count). The van der Waals surface area contributed by atoms with Gasteiger partial charge in [0.2, 0.25) is 5.91 Å². The number of carbonyl (C=O) groups excluding carboxylic acids is 2. The molecule has 1 heterocycles. The second kappa shape index (κ2) is 7.89. The van der Waals surface area contributed by atoms with Crippen molar-refractivity contribution < 1.29 is 19.5 Å². The van der Waals surface area contributed by atoms with Crippen molar-refractivity contribution in [2.75, 3.05) is 11.9 Å². The maximum atomic E-state index is 12.8. The van der Waals surface area contributed by atoms with Crippen LogP contribution in [0.15, 0.2) is 24.3 Å². The number of nitrogens with one attached hydrogen (secondary N) is 1. The summed E-state index contributed by atoms with van der Waals surface area (Å²) in [6.07, 6.45) is 5.69. The molecule has 1 aliphatic heterocycles. The zero-order chi connectivity index (χ0) is 18.7. The minimum atomic E-state index is -0.860. The molecule has 0 spiro atoms. The summed E-state index contributed by atoms with van der Waals surface area (Å²) in [5.41, 5.74) is 1.09. The van der Waals surface area contributed by atoms with E-state index in [1.54, 1.807) is 36.1 Å². The molecule has 1 saturated heterocycles. The van der Waals surface area contributed by atoms with Crippen LogP contribution in [-0.2, 0) is 9.59 Å². The van der Waals surface area contributed by atoms with E-state index in [2.05, 4.69) is 5.32 Å². The van der Waals surface area contributed by atoms with Crippen molar-refractivity contribution in [2.24, 2.45) is 11.8 Å². The number of carbonyl (C=O) groups is 3. The van der Waals surface area contributed by atoms with Crippen LogP contribution < -0.4 is 5.32 Å². The highest BCUT2D eigenvalue weighted by Crippen LogP contribution is 2.28. The monoisotopic (exact) mass is 358 g/mol. The number of likely N-dealkylation sites (tertiary alicyclic amines) is 1. The van der Waals surface area contributed by atoms with E-state index in [1.807, 2.05) is 0 Å². The Labute approximate surface area is 153 Å². The number of hydrogen-bond acceptors (Lipinski definition) is 3. The molecule has 140 valence electrons. The Morgan fingerprint density at radius 2 is 1.85 bits per heavy atom. The molecule has 2 N–H and O–H groups in total. The van der Waals surface area contributed by atoms with Crippen molar-refractivity contribution in [2.45, 2.75) is 51.5 Å². The lowest BCUT2D eigenvalue weighted by Gasteiger charge is -2.24. The normalized spacial score (nSPS) is 23.7. The van der Waals surface area contributed by atoms with Crippen LogP contribution in [0.1, 0.15) is 55.8 Å². The number of rotatable bonds is 4. The van der Waals surface area contributed by atoms with Gasteiger partial charge >= 0.3 is 5.97 Å². The fourth-order valence-electron chi connectivity index (χ4n) is 4.06. The van der Waals surface area contributed by atoms with E-state index in [9.17, 15) is 19.5 Å². The summed E-state index contributed by atoms with van der Waals surface area (Å²) in [5.74, 6) is -1.49. The first-order valence-corrected chi connectivity index (χ1v) is 9.42. The summed E-state index contributed by atoms with van der Waals surface area (Å²) in [6.45, 7) is 2.22. The molecule has 26 heavy (non-hydrogen) atoms. The van der Waals surface area contributed by atoms with Crippen LogP contribution in [-0.4, -0.2) is 40.4 Å². The number of nitrogens with zero attached hydrogens (tertiary/aromatic N) is 1. The van der Waals surface area contributed by atoms with Gasteiger partial charge in [0.25, 0.3) is 5.91 Å². The molecule has 6 heteroatoms. The fraction of sp³-hybridized carbons (Fsp3) is 0.550. The molecule has 2 amide bonds. The lowest BCUT2D eigenvalue weighted by atomic mass is 9.88. The van der Waals surface area contributed by atoms with Crippen molar-refractivity contribution in [3.63, 3.8) is 0 Å². The Bertz CT molecular complexity index is 697. The highest BCUT2D eigenvalue weighted by atomic mass is 16.4. The van der Waals surface area contributed by atoms with Crippen LogP contribution in [0.4, 0.5) is 5.69 Å². The average Bonchev–Trinajstić information content (AvgIpc) is 3.03. The van der Waals surface area contributed by atoms with Crippen LogP contribution >= 0.6 is 0 Å². The Morgan fingerprint density at radius 1 is 1.12 bits per heavy atom. The largest absolute Gasteiger partial charge is 0.481 e. The predicted molar refractivity (Wildman–Crippen MR) is 97.9 cm³/mol. The van der Waals surface area contributed by atoms with Crippen molar-refractivity contribution in [1.82, 2.24) is 4.90 Å². The molecule has 0 radical (unpaired) electrons. The SMILES string of the molecule is CC1C(C(=O)O)CCN1C(=O)c1cccc(NC(=O)C2CCCCC2)c1. The first-order chi connectivity index (χ1) is 12.5. The van der Waals surface area contributed by atoms with Crippen LogP contribution in [0.2, 0.25) is 0 Å². The molecule has 2 unspecified atom stereocenters. The van der Waals surface area contributed by atoms with Gasteiger partial charge in [-0.25, -0.2) is 0 Å². The third kappa shape index (κ3) is 3.89. The third-order valence-electron chi connectivity index (χ3n) is 5.69. The first kappa shape index (κ1) is 18.4. The van der Waals surface area contributed by atoms with Gasteiger partial charge in [-0.05, 0) is 44.4 Å². The second-order valence-corrected chi connectivity index (χ2v) is 7.38. The molecule has 1 saturated carbocycles. The summed E-state index contributed by atoms with van der Waals surface area (Å²) in [6, 6.07) is 6.59. The van der Waals surface area contributed by atoms with Crippen LogP contribution in [0, 0.1) is 11.8 Å². The highest BCUT2D eigenvalue weighted by molar-refractivity contribution is 5.98. The molecule has 1 aliphatic carbocycles. The summed E-state index contributed by atoms with van der Waals surface area (Å²) < 4.78 is 0. The standard InChI is InChI=1S/C20H26N2O4/c1-13-17(20(25)26)10-11-22(13)19(24)15-8-5-9-16(12-15)21-18(23)14-6-3-2-4-7-14/h5,8-9,12-14,17H,2-4,6-7,10-11H2,1H3,(H,21,23)(H,25,26). The molecule has 2 aliphatic rings. The van der Waals surface area contributed by atoms with E-state index in [4.69, 9.17) is 0 Å². The molecule has 6 nitrogen and oxygen atoms in total. The zero-order valence-corrected chi connectivity index (χ0v) is 15.1. The van der Waals surface area contributed by atoms with E-state index in [-0.39, 0.29) is 23.8 Å². The zero-order valence-electron chi connectivity index (χ0n) is 15.1. The molecule has 0 aromatic heterocycles. The van der Waals surface area contributed by atoms with Gasteiger partial charge in [-0.15, -0.1) is 0 Å². The van der Waals surface area contributed by atoms with Gasteiger partial charge in [0, 0.05) is 29.8 Å². The van der Waals surface area contributed by atoms with Gasteiger partial charge in [0.05, 0.1) is 5.92 Å². The maximum Gasteiger partial charge on any atom is 0.308 e. The Morgan fingerprint density at radius 3 is 2.50 bits per heavy atom. The topological polar surface area (TPSA) is 86.7 Å². The lowest BCUT2D eigenvalue weighted by Crippen LogP contribution is -2.37. The van der Waals surface area contributed by atoms with Crippen molar-refractivity contribution in [3.05, 3.63) is 29.8 Å². The number of anilines is 1. The number of benzene rings is 1. The predicted octanol–water partition coefficient (Wildman–Crippen LogP) is 3.14. The van der Waals surface area contributed by atoms with E-state index < -0.39 is 11.9 Å². The number of carboxylic acid groups (broad SMARTS) is 1. The van der Waals surface area contributed by atoms with Gasteiger partial charge in [-0.1, -0.05) is 25.3 Å². The molecular formula is C20H26N2O4. The Kier molecular flexibility index (Phi) is 5.59. The minimum Gasteiger partial charge on any atom is -0.481 e. The quantitative estimate of drug-likeness (QED) is 0.866. The lowest BCUT2D eigenvalue weighted by molar-refractivity contribution is -0.142. The minimum absolute atomic E-state index is 0.0229. The third-order valence-corrected chi connectivity index (χ3v) is 5.69. The Balaban J connectivity index is 1.68.